The SMILES string of the molecule is O=C(C[C@H]1CN2CCC1CC2)c1nsc2cc(-c3nccs3)ccc12.O=CO. The molecule has 1 aromatic carbocycles. The molecule has 28 heavy (non-hydrogen) atoms. The largest absolute Gasteiger partial charge is 0.483 e. The number of ketones is 1. The molecule has 3 fully saturated rings. The number of hydrogen-bond donors (Lipinski definition) is 1. The first-order chi connectivity index (χ1) is 13.7. The van der Waals surface area contributed by atoms with Crippen molar-refractivity contribution in [3.8, 4) is 10.6 Å². The Kier molecular flexibility index (Phi) is 5.79. The summed E-state index contributed by atoms with van der Waals surface area (Å²) in [5, 5.41) is 10.9. The van der Waals surface area contributed by atoms with E-state index in [1.165, 1.54) is 37.5 Å². The molecule has 146 valence electrons. The predicted molar refractivity (Wildman–Crippen MR) is 111 cm³/mol. The Morgan fingerprint density at radius 2 is 2.11 bits per heavy atom. The topological polar surface area (TPSA) is 83.4 Å². The summed E-state index contributed by atoms with van der Waals surface area (Å²) in [5.41, 5.74) is 1.77. The van der Waals surface area contributed by atoms with Crippen molar-refractivity contribution in [2.75, 3.05) is 19.6 Å². The summed E-state index contributed by atoms with van der Waals surface area (Å²) in [6.07, 6.45) is 4.98. The number of piperidine rings is 3. The van der Waals surface area contributed by atoms with Gasteiger partial charge in [-0.05, 0) is 55.4 Å². The summed E-state index contributed by atoms with van der Waals surface area (Å²) in [6, 6.07) is 6.21. The van der Waals surface area contributed by atoms with E-state index in [1.54, 1.807) is 11.3 Å². The molecule has 3 aliphatic rings. The molecule has 2 bridgehead atoms. The number of thiazole rings is 1. The number of rotatable bonds is 4. The van der Waals surface area contributed by atoms with Gasteiger partial charge in [0.05, 0.1) is 4.70 Å². The fraction of sp³-hybridized carbons (Fsp3) is 0.400. The van der Waals surface area contributed by atoms with Crippen LogP contribution in [0.5, 0.6) is 0 Å². The second kappa shape index (κ2) is 8.46. The normalized spacial score (nSPS) is 23.2. The minimum absolute atomic E-state index is 0.215. The average molecular weight is 416 g/mol. The molecule has 3 saturated heterocycles. The third-order valence-corrected chi connectivity index (χ3v) is 7.29. The number of carbonyl (C=O) groups excluding carboxylic acids is 1. The lowest BCUT2D eigenvalue weighted by molar-refractivity contribution is -0.122. The van der Waals surface area contributed by atoms with Gasteiger partial charge in [-0.15, -0.1) is 11.3 Å². The van der Waals surface area contributed by atoms with Crippen LogP contribution in [0.4, 0.5) is 0 Å². The Morgan fingerprint density at radius 3 is 2.75 bits per heavy atom. The molecular weight excluding hydrogens is 394 g/mol. The molecule has 2 aromatic heterocycles. The highest BCUT2D eigenvalue weighted by molar-refractivity contribution is 7.14. The predicted octanol–water partition coefficient (Wildman–Crippen LogP) is 4.04. The zero-order chi connectivity index (χ0) is 19.5. The van der Waals surface area contributed by atoms with Crippen LogP contribution in [0, 0.1) is 11.8 Å². The number of Topliss-reactive ketones (excluding diaryl/α,β-unsaturated/α-hetero) is 1. The number of aromatic nitrogens is 2. The highest BCUT2D eigenvalue weighted by Crippen LogP contribution is 2.36. The van der Waals surface area contributed by atoms with Gasteiger partial charge in [0.15, 0.2) is 5.78 Å². The molecule has 0 amide bonds. The van der Waals surface area contributed by atoms with Crippen LogP contribution in [0.2, 0.25) is 0 Å². The van der Waals surface area contributed by atoms with Crippen LogP contribution in [0.3, 0.4) is 0 Å². The zero-order valence-electron chi connectivity index (χ0n) is 15.3. The molecule has 3 aliphatic heterocycles. The third kappa shape index (κ3) is 3.85. The Hall–Kier alpha value is -2.16. The smallest absolute Gasteiger partial charge is 0.290 e. The molecule has 1 N–H and O–H groups in total. The summed E-state index contributed by atoms with van der Waals surface area (Å²) in [4.78, 5) is 28.1. The van der Waals surface area contributed by atoms with Crippen LogP contribution in [0.25, 0.3) is 20.7 Å². The van der Waals surface area contributed by atoms with E-state index in [-0.39, 0.29) is 12.3 Å². The highest BCUT2D eigenvalue weighted by atomic mass is 32.1. The molecule has 0 saturated carbocycles. The fourth-order valence-electron chi connectivity index (χ4n) is 4.29. The second-order valence-corrected chi connectivity index (χ2v) is 8.91. The molecule has 1 atom stereocenters. The molecule has 0 radical (unpaired) electrons. The molecule has 8 heteroatoms. The monoisotopic (exact) mass is 415 g/mol. The van der Waals surface area contributed by atoms with Crippen molar-refractivity contribution >= 4 is 45.2 Å². The van der Waals surface area contributed by atoms with Gasteiger partial charge in [-0.25, -0.2) is 4.98 Å². The van der Waals surface area contributed by atoms with E-state index in [0.717, 1.165) is 33.1 Å². The second-order valence-electron chi connectivity index (χ2n) is 7.21. The van der Waals surface area contributed by atoms with Crippen LogP contribution in [-0.2, 0) is 4.79 Å². The van der Waals surface area contributed by atoms with Gasteiger partial charge >= 0.3 is 0 Å². The lowest BCUT2D eigenvalue weighted by atomic mass is 9.76. The quantitative estimate of drug-likeness (QED) is 0.512. The van der Waals surface area contributed by atoms with Gasteiger partial charge in [0.25, 0.3) is 6.47 Å². The fourth-order valence-corrected chi connectivity index (χ4v) is 5.76. The van der Waals surface area contributed by atoms with Gasteiger partial charge in [0.2, 0.25) is 0 Å². The minimum atomic E-state index is -0.250. The number of carboxylic acid groups (broad SMARTS) is 1. The first-order valence-corrected chi connectivity index (χ1v) is 11.0. The molecule has 3 aromatic rings. The molecule has 0 unspecified atom stereocenters. The summed E-state index contributed by atoms with van der Waals surface area (Å²) in [5.74, 6) is 1.46. The van der Waals surface area contributed by atoms with Crippen molar-refractivity contribution in [2.24, 2.45) is 11.8 Å². The van der Waals surface area contributed by atoms with Gasteiger partial charge in [-0.1, -0.05) is 12.1 Å². The van der Waals surface area contributed by atoms with Crippen molar-refractivity contribution in [1.29, 1.82) is 0 Å². The van der Waals surface area contributed by atoms with E-state index in [9.17, 15) is 4.79 Å². The maximum atomic E-state index is 12.9. The maximum absolute atomic E-state index is 12.9. The number of carbonyl (C=O) groups is 2. The lowest BCUT2D eigenvalue weighted by Crippen LogP contribution is -2.47. The Balaban J connectivity index is 0.000000604. The van der Waals surface area contributed by atoms with E-state index < -0.39 is 0 Å². The van der Waals surface area contributed by atoms with Crippen molar-refractivity contribution in [1.82, 2.24) is 14.3 Å². The Morgan fingerprint density at radius 1 is 1.32 bits per heavy atom. The van der Waals surface area contributed by atoms with Gasteiger partial charge in [0, 0.05) is 35.5 Å². The van der Waals surface area contributed by atoms with Crippen molar-refractivity contribution in [3.63, 3.8) is 0 Å². The van der Waals surface area contributed by atoms with E-state index in [2.05, 4.69) is 26.4 Å². The molecule has 0 spiro atoms. The summed E-state index contributed by atoms with van der Waals surface area (Å²) in [7, 11) is 0. The van der Waals surface area contributed by atoms with Crippen LogP contribution >= 0.6 is 22.9 Å². The van der Waals surface area contributed by atoms with Crippen LogP contribution in [0.15, 0.2) is 29.8 Å². The first-order valence-electron chi connectivity index (χ1n) is 9.32. The Bertz CT molecular complexity index is 962. The van der Waals surface area contributed by atoms with Crippen molar-refractivity contribution < 1.29 is 14.7 Å². The summed E-state index contributed by atoms with van der Waals surface area (Å²) in [6.45, 7) is 3.27. The standard InChI is InChI=1S/C19H19N3OS2.CH2O2/c23-16(9-14-11-22-6-3-12(14)4-7-22)18-15-2-1-13(10-17(15)25-21-18)19-20-5-8-24-19;2-1-3/h1-2,5,8,10,12,14H,3-4,6-7,9,11H2;1H,(H,2,3)/t14-;/m0./s1. The van der Waals surface area contributed by atoms with Crippen LogP contribution in [-0.4, -0.2) is 51.3 Å². The number of nitrogens with zero attached hydrogens (tertiary/aromatic N) is 3. The first kappa shape index (κ1) is 19.2. The van der Waals surface area contributed by atoms with Crippen molar-refractivity contribution in [3.05, 3.63) is 35.5 Å². The zero-order valence-corrected chi connectivity index (χ0v) is 16.9. The van der Waals surface area contributed by atoms with Crippen LogP contribution < -0.4 is 0 Å². The van der Waals surface area contributed by atoms with Gasteiger partial charge < -0.3 is 10.0 Å². The molecule has 6 nitrogen and oxygen atoms in total. The van der Waals surface area contributed by atoms with Gasteiger partial charge in [0.1, 0.15) is 10.7 Å². The highest BCUT2D eigenvalue weighted by Gasteiger charge is 2.35. The van der Waals surface area contributed by atoms with E-state index in [4.69, 9.17) is 9.90 Å². The minimum Gasteiger partial charge on any atom is -0.483 e. The average Bonchev–Trinajstić information content (AvgIpc) is 3.39. The number of hydrogen-bond acceptors (Lipinski definition) is 7. The van der Waals surface area contributed by atoms with E-state index in [0.29, 0.717) is 18.0 Å². The molecule has 5 heterocycles. The van der Waals surface area contributed by atoms with Crippen molar-refractivity contribution in [2.45, 2.75) is 19.3 Å². The van der Waals surface area contributed by atoms with E-state index >= 15 is 0 Å². The summed E-state index contributed by atoms with van der Waals surface area (Å²) >= 11 is 3.06. The van der Waals surface area contributed by atoms with Gasteiger partial charge in [-0.3, -0.25) is 9.59 Å². The number of benzene rings is 1. The third-order valence-electron chi connectivity index (χ3n) is 5.65. The molecule has 0 aliphatic carbocycles. The number of fused-ring (bicyclic) bond motifs is 4. The summed E-state index contributed by atoms with van der Waals surface area (Å²) < 4.78 is 5.58. The van der Waals surface area contributed by atoms with Gasteiger partial charge in [-0.2, -0.15) is 4.37 Å². The molecular formula is C20H21N3O3S2. The Labute approximate surface area is 171 Å². The lowest BCUT2D eigenvalue weighted by Gasteiger charge is -2.44. The molecule has 6 rings (SSSR count). The maximum Gasteiger partial charge on any atom is 0.290 e. The van der Waals surface area contributed by atoms with Crippen LogP contribution in [0.1, 0.15) is 29.8 Å². The van der Waals surface area contributed by atoms with E-state index in [1.807, 2.05) is 17.6 Å².